The molecule has 20 heavy (non-hydrogen) atoms. The van der Waals surface area contributed by atoms with Crippen molar-refractivity contribution < 1.29 is 9.50 Å². The van der Waals surface area contributed by atoms with Gasteiger partial charge in [-0.15, -0.1) is 0 Å². The average molecular weight is 279 g/mol. The van der Waals surface area contributed by atoms with Crippen LogP contribution in [0, 0.1) is 11.2 Å². The van der Waals surface area contributed by atoms with Gasteiger partial charge in [-0.2, -0.15) is 0 Å². The van der Waals surface area contributed by atoms with E-state index in [1.807, 2.05) is 6.07 Å². The average Bonchev–Trinajstić information content (AvgIpc) is 2.46. The lowest BCUT2D eigenvalue weighted by atomic mass is 9.74. The van der Waals surface area contributed by atoms with Crippen LogP contribution in [-0.2, 0) is 0 Å². The minimum atomic E-state index is -0.768. The van der Waals surface area contributed by atoms with Crippen LogP contribution in [-0.4, -0.2) is 18.2 Å². The minimum Gasteiger partial charge on any atom is -0.389 e. The molecule has 0 bridgehead atoms. The predicted octanol–water partition coefficient (Wildman–Crippen LogP) is 4.29. The van der Waals surface area contributed by atoms with Crippen molar-refractivity contribution >= 4 is 5.69 Å². The first-order chi connectivity index (χ1) is 9.53. The second kappa shape index (κ2) is 6.13. The summed E-state index contributed by atoms with van der Waals surface area (Å²) in [5, 5.41) is 9.84. The van der Waals surface area contributed by atoms with Gasteiger partial charge in [0.1, 0.15) is 5.82 Å². The van der Waals surface area contributed by atoms with Gasteiger partial charge in [-0.1, -0.05) is 32.8 Å². The van der Waals surface area contributed by atoms with E-state index in [0.29, 0.717) is 11.0 Å². The molecule has 1 atom stereocenters. The predicted molar refractivity (Wildman–Crippen MR) is 81.5 cm³/mol. The molecule has 0 unspecified atom stereocenters. The summed E-state index contributed by atoms with van der Waals surface area (Å²) in [6, 6.07) is 5.09. The fraction of sp³-hybridized carbons (Fsp3) is 0.647. The third kappa shape index (κ3) is 2.83. The number of aliphatic hydroxyl groups excluding tert-OH is 1. The van der Waals surface area contributed by atoms with Crippen molar-refractivity contribution in [3.05, 3.63) is 29.6 Å². The van der Waals surface area contributed by atoms with Gasteiger partial charge in [-0.25, -0.2) is 4.39 Å². The second-order valence-electron chi connectivity index (χ2n) is 6.04. The first-order valence-electron chi connectivity index (χ1n) is 7.74. The van der Waals surface area contributed by atoms with Gasteiger partial charge in [0.15, 0.2) is 0 Å². The van der Waals surface area contributed by atoms with Crippen LogP contribution in [0.5, 0.6) is 0 Å². The molecular weight excluding hydrogens is 253 g/mol. The molecule has 1 aliphatic rings. The van der Waals surface area contributed by atoms with Crippen molar-refractivity contribution in [2.24, 2.45) is 5.41 Å². The highest BCUT2D eigenvalue weighted by molar-refractivity contribution is 5.55. The summed E-state index contributed by atoms with van der Waals surface area (Å²) in [6.45, 7) is 8.06. The number of halogens is 1. The van der Waals surface area contributed by atoms with E-state index in [9.17, 15) is 9.50 Å². The van der Waals surface area contributed by atoms with E-state index in [2.05, 4.69) is 18.7 Å². The molecule has 2 nitrogen and oxygen atoms in total. The van der Waals surface area contributed by atoms with Crippen LogP contribution in [0.15, 0.2) is 18.2 Å². The van der Waals surface area contributed by atoms with Crippen LogP contribution in [0.25, 0.3) is 0 Å². The molecule has 0 radical (unpaired) electrons. The van der Waals surface area contributed by atoms with Gasteiger partial charge in [-0.05, 0) is 37.3 Å². The van der Waals surface area contributed by atoms with Crippen LogP contribution >= 0.6 is 0 Å². The summed E-state index contributed by atoms with van der Waals surface area (Å²) in [5.41, 5.74) is 1.75. The second-order valence-corrected chi connectivity index (χ2v) is 6.04. The Bertz CT molecular complexity index is 444. The van der Waals surface area contributed by atoms with Crippen LogP contribution in [0.3, 0.4) is 0 Å². The zero-order chi connectivity index (χ0) is 14.8. The van der Waals surface area contributed by atoms with Gasteiger partial charge in [-0.3, -0.25) is 0 Å². The molecule has 1 aromatic carbocycles. The van der Waals surface area contributed by atoms with E-state index in [1.165, 1.54) is 18.9 Å². The maximum atomic E-state index is 14.0. The van der Waals surface area contributed by atoms with E-state index in [0.717, 1.165) is 31.6 Å². The SMILES string of the molecule is CCC1(CC)CCN(c2cccc(F)c2[C@@H](C)O)CC1. The Morgan fingerprint density at radius 2 is 1.85 bits per heavy atom. The number of nitrogens with zero attached hydrogens (tertiary/aromatic N) is 1. The molecule has 1 heterocycles. The van der Waals surface area contributed by atoms with E-state index in [-0.39, 0.29) is 5.82 Å². The Morgan fingerprint density at radius 3 is 2.35 bits per heavy atom. The summed E-state index contributed by atoms with van der Waals surface area (Å²) >= 11 is 0. The zero-order valence-electron chi connectivity index (χ0n) is 12.8. The van der Waals surface area contributed by atoms with Crippen LogP contribution < -0.4 is 4.90 Å². The molecule has 1 N–H and O–H groups in total. The maximum Gasteiger partial charge on any atom is 0.131 e. The number of aliphatic hydroxyl groups is 1. The molecule has 2 rings (SSSR count). The third-order valence-electron chi connectivity index (χ3n) is 5.11. The van der Waals surface area contributed by atoms with Crippen molar-refractivity contribution in [1.82, 2.24) is 0 Å². The molecule has 0 aromatic heterocycles. The third-order valence-corrected chi connectivity index (χ3v) is 5.11. The Balaban J connectivity index is 2.21. The Kier molecular flexibility index (Phi) is 4.69. The summed E-state index contributed by atoms with van der Waals surface area (Å²) in [6.07, 6.45) is 3.95. The fourth-order valence-electron chi connectivity index (χ4n) is 3.39. The van der Waals surface area contributed by atoms with E-state index in [4.69, 9.17) is 0 Å². The largest absolute Gasteiger partial charge is 0.389 e. The van der Waals surface area contributed by atoms with Gasteiger partial charge in [0.05, 0.1) is 6.10 Å². The number of anilines is 1. The monoisotopic (exact) mass is 279 g/mol. The molecule has 112 valence electrons. The number of rotatable bonds is 4. The first kappa shape index (κ1) is 15.3. The molecule has 3 heteroatoms. The molecule has 0 saturated carbocycles. The minimum absolute atomic E-state index is 0.305. The Morgan fingerprint density at radius 1 is 1.25 bits per heavy atom. The highest BCUT2D eigenvalue weighted by Crippen LogP contribution is 2.40. The molecule has 0 amide bonds. The van der Waals surface area contributed by atoms with Crippen molar-refractivity contribution in [2.45, 2.75) is 52.6 Å². The summed E-state index contributed by atoms with van der Waals surface area (Å²) in [4.78, 5) is 2.23. The van der Waals surface area contributed by atoms with Gasteiger partial charge in [0.2, 0.25) is 0 Å². The highest BCUT2D eigenvalue weighted by Gasteiger charge is 2.32. The van der Waals surface area contributed by atoms with Gasteiger partial charge in [0, 0.05) is 24.3 Å². The topological polar surface area (TPSA) is 23.5 Å². The lowest BCUT2D eigenvalue weighted by Crippen LogP contribution is -2.40. The quantitative estimate of drug-likeness (QED) is 0.889. The molecule has 1 fully saturated rings. The lowest BCUT2D eigenvalue weighted by Gasteiger charge is -2.42. The normalized spacial score (nSPS) is 19.9. The fourth-order valence-corrected chi connectivity index (χ4v) is 3.39. The number of piperidine rings is 1. The molecule has 1 aromatic rings. The summed E-state index contributed by atoms with van der Waals surface area (Å²) in [5.74, 6) is -0.305. The van der Waals surface area contributed by atoms with E-state index < -0.39 is 6.10 Å². The van der Waals surface area contributed by atoms with E-state index in [1.54, 1.807) is 13.0 Å². The van der Waals surface area contributed by atoms with Crippen molar-refractivity contribution in [3.8, 4) is 0 Å². The molecule has 1 saturated heterocycles. The molecular formula is C17H26FNO. The highest BCUT2D eigenvalue weighted by atomic mass is 19.1. The van der Waals surface area contributed by atoms with Crippen molar-refractivity contribution in [2.75, 3.05) is 18.0 Å². The van der Waals surface area contributed by atoms with Crippen LogP contribution in [0.4, 0.5) is 10.1 Å². The van der Waals surface area contributed by atoms with Crippen molar-refractivity contribution in [1.29, 1.82) is 0 Å². The molecule has 0 aliphatic carbocycles. The van der Waals surface area contributed by atoms with Gasteiger partial charge >= 0.3 is 0 Å². The van der Waals surface area contributed by atoms with Crippen LogP contribution in [0.1, 0.15) is 58.1 Å². The molecule has 0 spiro atoms. The van der Waals surface area contributed by atoms with Gasteiger partial charge in [0.25, 0.3) is 0 Å². The Labute approximate surface area is 121 Å². The Hall–Kier alpha value is -1.09. The van der Waals surface area contributed by atoms with E-state index >= 15 is 0 Å². The zero-order valence-corrected chi connectivity index (χ0v) is 12.8. The van der Waals surface area contributed by atoms with Crippen molar-refractivity contribution in [3.63, 3.8) is 0 Å². The summed E-state index contributed by atoms with van der Waals surface area (Å²) in [7, 11) is 0. The number of benzene rings is 1. The summed E-state index contributed by atoms with van der Waals surface area (Å²) < 4.78 is 14.0. The van der Waals surface area contributed by atoms with Crippen LogP contribution in [0.2, 0.25) is 0 Å². The standard InChI is InChI=1S/C17H26FNO/c1-4-17(5-2)9-11-19(12-10-17)15-8-6-7-14(18)16(15)13(3)20/h6-8,13,20H,4-5,9-12H2,1-3H3/t13-/m1/s1. The first-order valence-corrected chi connectivity index (χ1v) is 7.74. The maximum absolute atomic E-state index is 14.0. The smallest absolute Gasteiger partial charge is 0.131 e. The van der Waals surface area contributed by atoms with Gasteiger partial charge < -0.3 is 10.0 Å². The molecule has 1 aliphatic heterocycles. The number of hydrogen-bond acceptors (Lipinski definition) is 2. The lowest BCUT2D eigenvalue weighted by molar-refractivity contribution is 0.189. The number of hydrogen-bond donors (Lipinski definition) is 1.